The third-order valence-corrected chi connectivity index (χ3v) is 6.49. The minimum atomic E-state index is 0.813. The van der Waals surface area contributed by atoms with Gasteiger partial charge in [0.2, 0.25) is 0 Å². The molecule has 7 aromatic rings. The lowest BCUT2D eigenvalue weighted by Crippen LogP contribution is -2.00. The molecule has 4 heteroatoms. The summed E-state index contributed by atoms with van der Waals surface area (Å²) in [4.78, 5) is 0. The van der Waals surface area contributed by atoms with Crippen molar-refractivity contribution in [3.05, 3.63) is 121 Å². The van der Waals surface area contributed by atoms with E-state index in [9.17, 15) is 0 Å². The zero-order valence-corrected chi connectivity index (χ0v) is 18.3. The summed E-state index contributed by atoms with van der Waals surface area (Å²) >= 11 is 0. The summed E-state index contributed by atoms with van der Waals surface area (Å²) in [7, 11) is 0. The summed E-state index contributed by atoms with van der Waals surface area (Å²) in [6, 6.07) is 39.9. The largest absolute Gasteiger partial charge is 0.317 e. The number of benzene rings is 4. The van der Waals surface area contributed by atoms with Crippen molar-refractivity contribution in [3.8, 4) is 22.8 Å². The number of rotatable bonds is 3. The second-order valence-corrected chi connectivity index (χ2v) is 8.41. The minimum absolute atomic E-state index is 0.813. The highest BCUT2D eigenvalue weighted by Crippen LogP contribution is 2.37. The van der Waals surface area contributed by atoms with Gasteiger partial charge in [0.25, 0.3) is 0 Å². The van der Waals surface area contributed by atoms with Gasteiger partial charge >= 0.3 is 0 Å². The van der Waals surface area contributed by atoms with E-state index in [-0.39, 0.29) is 0 Å². The number of hydrogen-bond donors (Lipinski definition) is 0. The summed E-state index contributed by atoms with van der Waals surface area (Å²) in [5.74, 6) is 0.813. The third kappa shape index (κ3) is 2.79. The summed E-state index contributed by atoms with van der Waals surface area (Å²) in [6.07, 6.45) is 2.15. The first-order valence-electron chi connectivity index (χ1n) is 11.4. The fraction of sp³-hybridized carbons (Fsp3) is 0. The van der Waals surface area contributed by atoms with Crippen molar-refractivity contribution >= 4 is 32.7 Å². The van der Waals surface area contributed by atoms with Crippen molar-refractivity contribution in [1.29, 1.82) is 0 Å². The Morgan fingerprint density at radius 1 is 0.500 bits per heavy atom. The average molecular weight is 437 g/mol. The lowest BCUT2D eigenvalue weighted by Gasteiger charge is -2.08. The molecule has 4 nitrogen and oxygen atoms in total. The molecule has 0 aliphatic rings. The molecule has 0 fully saturated rings. The second-order valence-electron chi connectivity index (χ2n) is 8.41. The molecule has 0 spiro atoms. The van der Waals surface area contributed by atoms with Crippen molar-refractivity contribution < 1.29 is 0 Å². The first-order valence-corrected chi connectivity index (χ1v) is 11.4. The molecule has 0 atom stereocenters. The van der Waals surface area contributed by atoms with Crippen LogP contribution < -0.4 is 0 Å². The van der Waals surface area contributed by atoms with Crippen LogP contribution >= 0.6 is 0 Å². The van der Waals surface area contributed by atoms with Gasteiger partial charge in [-0.3, -0.25) is 4.57 Å². The number of fused-ring (bicyclic) bond motifs is 5. The fourth-order valence-corrected chi connectivity index (χ4v) is 4.95. The quantitative estimate of drug-likeness (QED) is 0.294. The van der Waals surface area contributed by atoms with E-state index in [4.69, 9.17) is 0 Å². The summed E-state index contributed by atoms with van der Waals surface area (Å²) < 4.78 is 4.46. The van der Waals surface area contributed by atoms with Crippen LogP contribution in [0.3, 0.4) is 0 Å². The van der Waals surface area contributed by atoms with Crippen LogP contribution in [0.2, 0.25) is 0 Å². The Hall–Kier alpha value is -4.70. The molecule has 0 aliphatic heterocycles. The van der Waals surface area contributed by atoms with Crippen LogP contribution in [0.5, 0.6) is 0 Å². The molecule has 34 heavy (non-hydrogen) atoms. The Balaban J connectivity index is 1.47. The average Bonchev–Trinajstić information content (AvgIpc) is 3.49. The van der Waals surface area contributed by atoms with Gasteiger partial charge in [0.05, 0.1) is 22.2 Å². The van der Waals surface area contributed by atoms with E-state index in [1.807, 2.05) is 30.3 Å². The van der Waals surface area contributed by atoms with E-state index in [1.165, 1.54) is 21.7 Å². The lowest BCUT2D eigenvalue weighted by atomic mass is 10.1. The smallest absolute Gasteiger partial charge is 0.160 e. The maximum Gasteiger partial charge on any atom is 0.160 e. The third-order valence-electron chi connectivity index (χ3n) is 6.49. The van der Waals surface area contributed by atoms with Crippen LogP contribution in [0, 0.1) is 0 Å². The predicted molar refractivity (Wildman–Crippen MR) is 139 cm³/mol. The van der Waals surface area contributed by atoms with Gasteiger partial charge in [-0.2, -0.15) is 0 Å². The van der Waals surface area contributed by atoms with Crippen LogP contribution in [0.15, 0.2) is 121 Å². The van der Waals surface area contributed by atoms with E-state index in [2.05, 4.69) is 110 Å². The monoisotopic (exact) mass is 436 g/mol. The molecule has 160 valence electrons. The van der Waals surface area contributed by atoms with Crippen molar-refractivity contribution in [2.24, 2.45) is 0 Å². The van der Waals surface area contributed by atoms with Crippen molar-refractivity contribution in [3.63, 3.8) is 0 Å². The highest BCUT2D eigenvalue weighted by atomic mass is 15.2. The van der Waals surface area contributed by atoms with Crippen molar-refractivity contribution in [2.75, 3.05) is 0 Å². The second kappa shape index (κ2) is 7.42. The highest BCUT2D eigenvalue weighted by molar-refractivity contribution is 6.21. The van der Waals surface area contributed by atoms with Crippen LogP contribution in [0.4, 0.5) is 0 Å². The lowest BCUT2D eigenvalue weighted by molar-refractivity contribution is 0.958. The van der Waals surface area contributed by atoms with E-state index in [0.717, 1.165) is 33.8 Å². The van der Waals surface area contributed by atoms with Gasteiger partial charge in [-0.05, 0) is 48.5 Å². The standard InChI is InChI=1S/C30H20N4/c1-3-9-21(10-4-1)25-15-18-29(32-31-25)34-27-14-8-7-13-23(27)30-24-19-20-33(22-11-5-2-6-12-22)26(24)16-17-28(30)34/h1-20H. The first kappa shape index (κ1) is 18.8. The molecular formula is C30H20N4. The molecule has 0 aliphatic carbocycles. The molecule has 0 saturated heterocycles. The SMILES string of the molecule is c1ccc(-c2ccc(-n3c4ccccc4c4c5ccn(-c6ccccc6)c5ccc43)nn2)cc1. The maximum atomic E-state index is 4.64. The molecule has 3 aromatic heterocycles. The molecule has 0 amide bonds. The molecule has 7 rings (SSSR count). The minimum Gasteiger partial charge on any atom is -0.317 e. The molecule has 4 aromatic carbocycles. The normalized spacial score (nSPS) is 11.5. The van der Waals surface area contributed by atoms with E-state index in [0.29, 0.717) is 0 Å². The van der Waals surface area contributed by atoms with Gasteiger partial charge in [0.1, 0.15) is 0 Å². The maximum absolute atomic E-state index is 4.64. The zero-order chi connectivity index (χ0) is 22.5. The van der Waals surface area contributed by atoms with E-state index in [1.54, 1.807) is 0 Å². The Bertz CT molecular complexity index is 1780. The molecule has 0 unspecified atom stereocenters. The van der Waals surface area contributed by atoms with Crippen LogP contribution in [0.1, 0.15) is 0 Å². The molecule has 0 N–H and O–H groups in total. The number of hydrogen-bond acceptors (Lipinski definition) is 2. The first-order chi connectivity index (χ1) is 16.9. The summed E-state index contributed by atoms with van der Waals surface area (Å²) in [5, 5.41) is 12.9. The Kier molecular flexibility index (Phi) is 4.11. The molecule has 3 heterocycles. The molecule has 0 radical (unpaired) electrons. The number of para-hydroxylation sites is 2. The van der Waals surface area contributed by atoms with Gasteiger partial charge in [0.15, 0.2) is 5.82 Å². The van der Waals surface area contributed by atoms with Crippen LogP contribution in [0.25, 0.3) is 55.5 Å². The predicted octanol–water partition coefficient (Wildman–Crippen LogP) is 7.18. The van der Waals surface area contributed by atoms with E-state index >= 15 is 0 Å². The Labute approximate surface area is 196 Å². The molecule has 0 bridgehead atoms. The highest BCUT2D eigenvalue weighted by Gasteiger charge is 2.17. The number of nitrogens with zero attached hydrogens (tertiary/aromatic N) is 4. The Morgan fingerprint density at radius 3 is 2.00 bits per heavy atom. The zero-order valence-electron chi connectivity index (χ0n) is 18.3. The van der Waals surface area contributed by atoms with Gasteiger partial charge in [0, 0.05) is 33.6 Å². The Morgan fingerprint density at radius 2 is 1.21 bits per heavy atom. The molecular weight excluding hydrogens is 416 g/mol. The van der Waals surface area contributed by atoms with Gasteiger partial charge < -0.3 is 4.57 Å². The van der Waals surface area contributed by atoms with Gasteiger partial charge in [-0.15, -0.1) is 10.2 Å². The summed E-state index contributed by atoms with van der Waals surface area (Å²) in [5.41, 5.74) is 6.52. The van der Waals surface area contributed by atoms with Crippen LogP contribution in [-0.4, -0.2) is 19.3 Å². The van der Waals surface area contributed by atoms with E-state index < -0.39 is 0 Å². The van der Waals surface area contributed by atoms with Gasteiger partial charge in [-0.25, -0.2) is 0 Å². The van der Waals surface area contributed by atoms with Crippen LogP contribution in [-0.2, 0) is 0 Å². The summed E-state index contributed by atoms with van der Waals surface area (Å²) in [6.45, 7) is 0. The number of aromatic nitrogens is 4. The van der Waals surface area contributed by atoms with Gasteiger partial charge in [-0.1, -0.05) is 66.7 Å². The molecule has 0 saturated carbocycles. The van der Waals surface area contributed by atoms with Crippen molar-refractivity contribution in [1.82, 2.24) is 19.3 Å². The van der Waals surface area contributed by atoms with Crippen molar-refractivity contribution in [2.45, 2.75) is 0 Å². The topological polar surface area (TPSA) is 35.6 Å². The fourth-order valence-electron chi connectivity index (χ4n) is 4.95.